The molecule has 1 saturated carbocycles. The first-order valence-corrected chi connectivity index (χ1v) is 5.70. The van der Waals surface area contributed by atoms with E-state index in [-0.39, 0.29) is 0 Å². The third kappa shape index (κ3) is 2.83. The van der Waals surface area contributed by atoms with Gasteiger partial charge >= 0.3 is 0 Å². The monoisotopic (exact) mass is 225 g/mol. The second kappa shape index (κ2) is 4.37. The molecule has 0 spiro atoms. The maximum Gasteiger partial charge on any atom is 0.126 e. The molecule has 1 atom stereocenters. The molecule has 1 aliphatic carbocycles. The molecule has 15 heavy (non-hydrogen) atoms. The predicted octanol–water partition coefficient (Wildman–Crippen LogP) is 1.99. The van der Waals surface area contributed by atoms with Gasteiger partial charge in [-0.2, -0.15) is 0 Å². The zero-order valence-electron chi connectivity index (χ0n) is 8.62. The van der Waals surface area contributed by atoms with Crippen LogP contribution in [0.15, 0.2) is 12.3 Å². The van der Waals surface area contributed by atoms with Crippen molar-refractivity contribution in [2.75, 3.05) is 5.73 Å². The molecule has 1 unspecified atom stereocenters. The molecule has 0 amide bonds. The molecule has 0 aromatic carbocycles. The molecule has 4 N–H and O–H groups in total. The summed E-state index contributed by atoms with van der Waals surface area (Å²) < 4.78 is 0. The minimum atomic E-state index is 0.309. The van der Waals surface area contributed by atoms with Crippen molar-refractivity contribution in [3.63, 3.8) is 0 Å². The molecular weight excluding hydrogens is 210 g/mol. The van der Waals surface area contributed by atoms with Gasteiger partial charge in [0.15, 0.2) is 0 Å². The summed E-state index contributed by atoms with van der Waals surface area (Å²) in [5.74, 6) is 1.31. The van der Waals surface area contributed by atoms with Crippen molar-refractivity contribution in [2.45, 2.75) is 31.7 Å². The predicted molar refractivity (Wildman–Crippen MR) is 62.7 cm³/mol. The summed E-state index contributed by atoms with van der Waals surface area (Å²) in [6.45, 7) is 0. The molecule has 1 aliphatic rings. The van der Waals surface area contributed by atoms with E-state index < -0.39 is 0 Å². The molecule has 82 valence electrons. The second-order valence-electron chi connectivity index (χ2n) is 4.24. The van der Waals surface area contributed by atoms with Crippen LogP contribution in [0.3, 0.4) is 0 Å². The first-order chi connectivity index (χ1) is 7.16. The highest BCUT2D eigenvalue weighted by molar-refractivity contribution is 6.30. The van der Waals surface area contributed by atoms with Gasteiger partial charge in [-0.15, -0.1) is 0 Å². The van der Waals surface area contributed by atoms with Crippen molar-refractivity contribution >= 4 is 17.4 Å². The van der Waals surface area contributed by atoms with Crippen LogP contribution in [0, 0.1) is 5.92 Å². The fourth-order valence-electron chi connectivity index (χ4n) is 1.77. The van der Waals surface area contributed by atoms with Crippen molar-refractivity contribution in [2.24, 2.45) is 11.7 Å². The first-order valence-electron chi connectivity index (χ1n) is 5.32. The van der Waals surface area contributed by atoms with Gasteiger partial charge in [-0.05, 0) is 43.2 Å². The Bertz CT molecular complexity index is 350. The van der Waals surface area contributed by atoms with E-state index in [4.69, 9.17) is 23.1 Å². The number of anilines is 1. The molecule has 0 bridgehead atoms. The molecule has 1 heterocycles. The number of hydrogen-bond acceptors (Lipinski definition) is 3. The lowest BCUT2D eigenvalue weighted by Crippen LogP contribution is -2.23. The van der Waals surface area contributed by atoms with E-state index in [0.29, 0.717) is 16.9 Å². The number of aromatic nitrogens is 1. The van der Waals surface area contributed by atoms with E-state index >= 15 is 0 Å². The highest BCUT2D eigenvalue weighted by Gasteiger charge is 2.28. The van der Waals surface area contributed by atoms with E-state index in [1.807, 2.05) is 6.07 Å². The Balaban J connectivity index is 1.94. The number of nitrogen functional groups attached to an aromatic ring is 1. The van der Waals surface area contributed by atoms with Gasteiger partial charge in [-0.1, -0.05) is 11.6 Å². The van der Waals surface area contributed by atoms with Gasteiger partial charge in [-0.25, -0.2) is 4.98 Å². The molecule has 0 aliphatic heterocycles. The zero-order chi connectivity index (χ0) is 10.8. The van der Waals surface area contributed by atoms with Crippen LogP contribution in [0.4, 0.5) is 5.82 Å². The Morgan fingerprint density at radius 2 is 2.27 bits per heavy atom. The summed E-state index contributed by atoms with van der Waals surface area (Å²) in [5, 5.41) is 0.638. The Morgan fingerprint density at radius 1 is 1.53 bits per heavy atom. The molecule has 1 aromatic heterocycles. The van der Waals surface area contributed by atoms with Crippen LogP contribution in [0.25, 0.3) is 0 Å². The topological polar surface area (TPSA) is 64.9 Å². The minimum absolute atomic E-state index is 0.309. The maximum atomic E-state index is 6.02. The fraction of sp³-hybridized carbons (Fsp3) is 0.545. The standard InChI is InChI=1S/C11H16ClN3/c12-9-5-8(11(14)15-6-9)3-4-10(13)7-1-2-7/h5-7,10H,1-4,13H2,(H2,14,15). The smallest absolute Gasteiger partial charge is 0.126 e. The van der Waals surface area contributed by atoms with Crippen molar-refractivity contribution in [1.29, 1.82) is 0 Å². The molecule has 4 heteroatoms. The maximum absolute atomic E-state index is 6.02. The number of nitrogens with two attached hydrogens (primary N) is 2. The third-order valence-corrected chi connectivity index (χ3v) is 3.15. The van der Waals surface area contributed by atoms with Crippen molar-refractivity contribution in [3.05, 3.63) is 22.8 Å². The summed E-state index contributed by atoms with van der Waals surface area (Å²) >= 11 is 5.86. The molecule has 3 nitrogen and oxygen atoms in total. The van der Waals surface area contributed by atoms with Gasteiger partial charge < -0.3 is 11.5 Å². The Kier molecular flexibility index (Phi) is 3.12. The Morgan fingerprint density at radius 3 is 2.93 bits per heavy atom. The molecular formula is C11H16ClN3. The number of nitrogens with zero attached hydrogens (tertiary/aromatic N) is 1. The van der Waals surface area contributed by atoms with Crippen molar-refractivity contribution in [1.82, 2.24) is 4.98 Å². The molecule has 0 saturated heterocycles. The van der Waals surface area contributed by atoms with Gasteiger partial charge in [0, 0.05) is 12.2 Å². The summed E-state index contributed by atoms with van der Waals surface area (Å²) in [5.41, 5.74) is 12.8. The normalized spacial score (nSPS) is 17.7. The van der Waals surface area contributed by atoms with Crippen molar-refractivity contribution in [3.8, 4) is 0 Å². The minimum Gasteiger partial charge on any atom is -0.383 e. The quantitative estimate of drug-likeness (QED) is 0.824. The Labute approximate surface area is 94.8 Å². The van der Waals surface area contributed by atoms with Gasteiger partial charge in [0.25, 0.3) is 0 Å². The van der Waals surface area contributed by atoms with Gasteiger partial charge in [0.1, 0.15) is 5.82 Å². The fourth-order valence-corrected chi connectivity index (χ4v) is 1.95. The molecule has 0 radical (unpaired) electrons. The van der Waals surface area contributed by atoms with Crippen LogP contribution >= 0.6 is 11.6 Å². The SMILES string of the molecule is Nc1ncc(Cl)cc1CCC(N)C1CC1. The van der Waals surface area contributed by atoms with Gasteiger partial charge in [0.05, 0.1) is 5.02 Å². The number of pyridine rings is 1. The summed E-state index contributed by atoms with van der Waals surface area (Å²) in [6.07, 6.45) is 5.98. The lowest BCUT2D eigenvalue weighted by molar-refractivity contribution is 0.550. The van der Waals surface area contributed by atoms with E-state index in [0.717, 1.165) is 24.3 Å². The van der Waals surface area contributed by atoms with E-state index in [1.165, 1.54) is 12.8 Å². The zero-order valence-corrected chi connectivity index (χ0v) is 9.37. The van der Waals surface area contributed by atoms with E-state index in [1.54, 1.807) is 6.20 Å². The summed E-state index contributed by atoms with van der Waals surface area (Å²) in [6, 6.07) is 2.19. The van der Waals surface area contributed by atoms with Crippen LogP contribution in [0.1, 0.15) is 24.8 Å². The lowest BCUT2D eigenvalue weighted by atomic mass is 10.0. The number of hydrogen-bond donors (Lipinski definition) is 2. The summed E-state index contributed by atoms with van der Waals surface area (Å²) in [7, 11) is 0. The first kappa shape index (κ1) is 10.7. The number of rotatable bonds is 4. The number of halogens is 1. The third-order valence-electron chi connectivity index (χ3n) is 2.94. The average molecular weight is 226 g/mol. The highest BCUT2D eigenvalue weighted by atomic mass is 35.5. The van der Waals surface area contributed by atoms with Crippen LogP contribution in [0.5, 0.6) is 0 Å². The Hall–Kier alpha value is -0.800. The van der Waals surface area contributed by atoms with E-state index in [9.17, 15) is 0 Å². The van der Waals surface area contributed by atoms with E-state index in [2.05, 4.69) is 4.98 Å². The van der Waals surface area contributed by atoms with Crippen LogP contribution < -0.4 is 11.5 Å². The average Bonchev–Trinajstić information content (AvgIpc) is 3.02. The highest BCUT2D eigenvalue weighted by Crippen LogP contribution is 2.33. The molecule has 1 aromatic rings. The van der Waals surface area contributed by atoms with Crippen molar-refractivity contribution < 1.29 is 0 Å². The van der Waals surface area contributed by atoms with Crippen LogP contribution in [0.2, 0.25) is 5.02 Å². The largest absolute Gasteiger partial charge is 0.383 e. The number of aryl methyl sites for hydroxylation is 1. The molecule has 1 fully saturated rings. The summed E-state index contributed by atoms with van der Waals surface area (Å²) in [4.78, 5) is 4.02. The van der Waals surface area contributed by atoms with Gasteiger partial charge in [-0.3, -0.25) is 0 Å². The van der Waals surface area contributed by atoms with Crippen LogP contribution in [-0.2, 0) is 6.42 Å². The second-order valence-corrected chi connectivity index (χ2v) is 4.67. The lowest BCUT2D eigenvalue weighted by Gasteiger charge is -2.10. The van der Waals surface area contributed by atoms with Gasteiger partial charge in [0.2, 0.25) is 0 Å². The van der Waals surface area contributed by atoms with Crippen LogP contribution in [-0.4, -0.2) is 11.0 Å². The molecule has 2 rings (SSSR count).